The highest BCUT2D eigenvalue weighted by Gasteiger charge is 2.07. The quantitative estimate of drug-likeness (QED) is 0.779. The molecule has 0 atom stereocenters. The number of nitrogens with one attached hydrogen (secondary N) is 2. The van der Waals surface area contributed by atoms with E-state index in [1.807, 2.05) is 25.1 Å². The Morgan fingerprint density at radius 3 is 2.75 bits per heavy atom. The predicted octanol–water partition coefficient (Wildman–Crippen LogP) is 2.17. The van der Waals surface area contributed by atoms with Gasteiger partial charge in [0, 0.05) is 31.5 Å². The van der Waals surface area contributed by atoms with Crippen molar-refractivity contribution in [1.29, 1.82) is 0 Å². The third kappa shape index (κ3) is 5.62. The van der Waals surface area contributed by atoms with Gasteiger partial charge < -0.3 is 15.5 Å². The zero-order valence-corrected chi connectivity index (χ0v) is 14.1. The van der Waals surface area contributed by atoms with Crippen LogP contribution in [0.25, 0.3) is 0 Å². The van der Waals surface area contributed by atoms with Crippen molar-refractivity contribution >= 4 is 11.6 Å². The average Bonchev–Trinajstić information content (AvgIpc) is 2.56. The van der Waals surface area contributed by atoms with Crippen LogP contribution in [-0.4, -0.2) is 49.5 Å². The summed E-state index contributed by atoms with van der Waals surface area (Å²) >= 11 is 0. The first kappa shape index (κ1) is 17.9. The molecule has 6 heteroatoms. The fraction of sp³-hybridized carbons (Fsp3) is 0.333. The Hall–Kier alpha value is -2.47. The van der Waals surface area contributed by atoms with Crippen molar-refractivity contribution in [3.63, 3.8) is 0 Å². The van der Waals surface area contributed by atoms with Crippen LogP contribution in [-0.2, 0) is 6.42 Å². The second-order valence-corrected chi connectivity index (χ2v) is 5.76. The number of likely N-dealkylation sites (N-methyl/N-ethyl adjacent to an activating group) is 1. The van der Waals surface area contributed by atoms with Crippen LogP contribution in [0.2, 0.25) is 0 Å². The summed E-state index contributed by atoms with van der Waals surface area (Å²) in [6, 6.07) is 10.2. The van der Waals surface area contributed by atoms with Crippen molar-refractivity contribution in [1.82, 2.24) is 15.2 Å². The van der Waals surface area contributed by atoms with Crippen LogP contribution in [0.15, 0.2) is 42.6 Å². The maximum atomic E-state index is 13.6. The molecule has 0 spiro atoms. The van der Waals surface area contributed by atoms with Crippen LogP contribution in [0, 0.1) is 5.82 Å². The van der Waals surface area contributed by atoms with E-state index in [0.717, 1.165) is 12.2 Å². The number of hydrogen-bond donors (Lipinski definition) is 2. The third-order valence-electron chi connectivity index (χ3n) is 3.52. The van der Waals surface area contributed by atoms with E-state index in [0.29, 0.717) is 30.8 Å². The first-order chi connectivity index (χ1) is 11.6. The second-order valence-electron chi connectivity index (χ2n) is 5.76. The summed E-state index contributed by atoms with van der Waals surface area (Å²) in [7, 11) is 3.90. The van der Waals surface area contributed by atoms with Gasteiger partial charge in [-0.3, -0.25) is 9.78 Å². The van der Waals surface area contributed by atoms with E-state index < -0.39 is 0 Å². The van der Waals surface area contributed by atoms with E-state index in [-0.39, 0.29) is 11.7 Å². The van der Waals surface area contributed by atoms with E-state index in [2.05, 4.69) is 15.6 Å². The highest BCUT2D eigenvalue weighted by Crippen LogP contribution is 2.10. The lowest BCUT2D eigenvalue weighted by Gasteiger charge is -2.11. The van der Waals surface area contributed by atoms with E-state index in [1.165, 1.54) is 6.07 Å². The molecule has 2 N–H and O–H groups in total. The van der Waals surface area contributed by atoms with E-state index in [4.69, 9.17) is 0 Å². The van der Waals surface area contributed by atoms with E-state index in [9.17, 15) is 9.18 Å². The molecular weight excluding hydrogens is 307 g/mol. The van der Waals surface area contributed by atoms with Gasteiger partial charge in [-0.2, -0.15) is 0 Å². The largest absolute Gasteiger partial charge is 0.385 e. The van der Waals surface area contributed by atoms with Crippen molar-refractivity contribution in [2.45, 2.75) is 6.42 Å². The fourth-order valence-corrected chi connectivity index (χ4v) is 2.19. The van der Waals surface area contributed by atoms with Gasteiger partial charge in [0.25, 0.3) is 5.91 Å². The number of carbonyl (C=O) groups excluding carboxylic acids is 1. The molecule has 128 valence electrons. The summed E-state index contributed by atoms with van der Waals surface area (Å²) in [5.74, 6) is -0.399. The number of rotatable bonds is 8. The molecule has 0 fully saturated rings. The molecule has 2 rings (SSSR count). The van der Waals surface area contributed by atoms with Gasteiger partial charge in [0.15, 0.2) is 0 Å². The fourth-order valence-electron chi connectivity index (χ4n) is 2.19. The average molecular weight is 330 g/mol. The van der Waals surface area contributed by atoms with Gasteiger partial charge in [-0.15, -0.1) is 0 Å². The minimum absolute atomic E-state index is 0.199. The molecule has 0 unspecified atom stereocenters. The van der Waals surface area contributed by atoms with Crippen molar-refractivity contribution in [3.8, 4) is 0 Å². The number of carbonyl (C=O) groups is 1. The van der Waals surface area contributed by atoms with E-state index >= 15 is 0 Å². The van der Waals surface area contributed by atoms with Crippen LogP contribution < -0.4 is 10.6 Å². The summed E-state index contributed by atoms with van der Waals surface area (Å²) in [5, 5.41) is 6.02. The molecule has 1 heterocycles. The molecule has 5 nitrogen and oxygen atoms in total. The Morgan fingerprint density at radius 1 is 1.21 bits per heavy atom. The van der Waals surface area contributed by atoms with Gasteiger partial charge in [0.1, 0.15) is 11.5 Å². The summed E-state index contributed by atoms with van der Waals surface area (Å²) in [6.45, 7) is 1.91. The lowest BCUT2D eigenvalue weighted by Crippen LogP contribution is -2.31. The maximum absolute atomic E-state index is 13.6. The number of hydrogen-bond acceptors (Lipinski definition) is 4. The van der Waals surface area contributed by atoms with Crippen LogP contribution in [0.3, 0.4) is 0 Å². The van der Waals surface area contributed by atoms with Crippen LogP contribution in [0.5, 0.6) is 0 Å². The summed E-state index contributed by atoms with van der Waals surface area (Å²) in [5.41, 5.74) is 1.82. The number of amides is 1. The number of pyridine rings is 1. The topological polar surface area (TPSA) is 57.3 Å². The Balaban J connectivity index is 1.86. The zero-order valence-electron chi connectivity index (χ0n) is 14.1. The monoisotopic (exact) mass is 330 g/mol. The standard InChI is InChI=1S/C18H23FN4O/c1-23(2)12-11-22-18(24)17-13-15(8-10-21-17)20-9-7-14-5-3-4-6-16(14)19/h3-6,8,10,13H,7,9,11-12H2,1-2H3,(H,20,21)(H,22,24). The van der Waals surface area contributed by atoms with Gasteiger partial charge in [-0.05, 0) is 44.3 Å². The highest BCUT2D eigenvalue weighted by atomic mass is 19.1. The summed E-state index contributed by atoms with van der Waals surface area (Å²) in [4.78, 5) is 18.1. The van der Waals surface area contributed by atoms with Crippen LogP contribution >= 0.6 is 0 Å². The molecule has 0 bridgehead atoms. The van der Waals surface area contributed by atoms with Crippen molar-refractivity contribution in [2.24, 2.45) is 0 Å². The third-order valence-corrected chi connectivity index (χ3v) is 3.52. The smallest absolute Gasteiger partial charge is 0.269 e. The Labute approximate surface area is 141 Å². The molecule has 24 heavy (non-hydrogen) atoms. The number of aromatic nitrogens is 1. The second kappa shape index (κ2) is 8.98. The van der Waals surface area contributed by atoms with Crippen molar-refractivity contribution < 1.29 is 9.18 Å². The molecule has 0 aliphatic heterocycles. The van der Waals surface area contributed by atoms with Gasteiger partial charge in [0.2, 0.25) is 0 Å². The summed E-state index contributed by atoms with van der Waals surface area (Å²) < 4.78 is 13.6. The molecule has 0 aliphatic rings. The van der Waals surface area contributed by atoms with Crippen LogP contribution in [0.1, 0.15) is 16.1 Å². The molecule has 0 saturated carbocycles. The number of benzene rings is 1. The molecule has 1 amide bonds. The van der Waals surface area contributed by atoms with Crippen LogP contribution in [0.4, 0.5) is 10.1 Å². The molecule has 0 radical (unpaired) electrons. The Morgan fingerprint density at radius 2 is 2.00 bits per heavy atom. The molecule has 1 aromatic carbocycles. The number of halogens is 1. The first-order valence-corrected chi connectivity index (χ1v) is 7.92. The van der Waals surface area contributed by atoms with E-state index in [1.54, 1.807) is 30.5 Å². The van der Waals surface area contributed by atoms with Crippen molar-refractivity contribution in [2.75, 3.05) is 39.0 Å². The molecule has 1 aromatic heterocycles. The van der Waals surface area contributed by atoms with Gasteiger partial charge >= 0.3 is 0 Å². The Kier molecular flexibility index (Phi) is 6.69. The molecule has 2 aromatic rings. The minimum Gasteiger partial charge on any atom is -0.385 e. The minimum atomic E-state index is -0.199. The highest BCUT2D eigenvalue weighted by molar-refractivity contribution is 5.93. The Bertz CT molecular complexity index is 676. The van der Waals surface area contributed by atoms with Gasteiger partial charge in [-0.1, -0.05) is 18.2 Å². The van der Waals surface area contributed by atoms with Crippen molar-refractivity contribution in [3.05, 3.63) is 59.7 Å². The maximum Gasteiger partial charge on any atom is 0.269 e. The number of nitrogens with zero attached hydrogens (tertiary/aromatic N) is 2. The molecule has 0 aliphatic carbocycles. The lowest BCUT2D eigenvalue weighted by molar-refractivity contribution is 0.0946. The predicted molar refractivity (Wildman–Crippen MR) is 93.7 cm³/mol. The SMILES string of the molecule is CN(C)CCNC(=O)c1cc(NCCc2ccccc2F)ccn1. The lowest BCUT2D eigenvalue weighted by atomic mass is 10.1. The van der Waals surface area contributed by atoms with Gasteiger partial charge in [-0.25, -0.2) is 4.39 Å². The zero-order chi connectivity index (χ0) is 17.4. The number of anilines is 1. The molecule has 0 saturated heterocycles. The normalized spacial score (nSPS) is 10.7. The summed E-state index contributed by atoms with van der Waals surface area (Å²) in [6.07, 6.45) is 2.16. The molecular formula is C18H23FN4O. The van der Waals surface area contributed by atoms with Gasteiger partial charge in [0.05, 0.1) is 0 Å². The first-order valence-electron chi connectivity index (χ1n) is 7.92.